The molecule has 0 aliphatic carbocycles. The van der Waals surface area contributed by atoms with Crippen LogP contribution in [0.4, 0.5) is 4.79 Å². The van der Waals surface area contributed by atoms with Crippen molar-refractivity contribution in [2.24, 2.45) is 0 Å². The minimum atomic E-state index is -0.711. The Morgan fingerprint density at radius 3 is 2.62 bits per heavy atom. The first-order valence-corrected chi connectivity index (χ1v) is 7.31. The quantitative estimate of drug-likeness (QED) is 0.791. The van der Waals surface area contributed by atoms with Crippen molar-refractivity contribution in [2.45, 2.75) is 32.4 Å². The molecule has 4 nitrogen and oxygen atoms in total. The van der Waals surface area contributed by atoms with Gasteiger partial charge < -0.3 is 15.7 Å². The van der Waals surface area contributed by atoms with Crippen molar-refractivity contribution in [2.75, 3.05) is 6.54 Å². The number of urea groups is 1. The van der Waals surface area contributed by atoms with Crippen LogP contribution in [0.15, 0.2) is 42.5 Å². The van der Waals surface area contributed by atoms with Crippen LogP contribution in [0.5, 0.6) is 0 Å². The van der Waals surface area contributed by atoms with Crippen molar-refractivity contribution < 1.29 is 9.90 Å². The molecule has 0 aliphatic heterocycles. The zero-order chi connectivity index (χ0) is 15.2. The normalized spacial score (nSPS) is 13.7. The van der Waals surface area contributed by atoms with Gasteiger partial charge in [0.05, 0.1) is 6.10 Å². The van der Waals surface area contributed by atoms with E-state index in [1.165, 1.54) is 0 Å². The minimum Gasteiger partial charge on any atom is -0.387 e. The topological polar surface area (TPSA) is 61.4 Å². The van der Waals surface area contributed by atoms with E-state index >= 15 is 0 Å². The second-order valence-electron chi connectivity index (χ2n) is 5.29. The maximum Gasteiger partial charge on any atom is 0.315 e. The Morgan fingerprint density at radius 1 is 1.19 bits per heavy atom. The molecular formula is C17H22N2O2. The molecule has 2 rings (SSSR count). The summed E-state index contributed by atoms with van der Waals surface area (Å²) in [7, 11) is 0. The van der Waals surface area contributed by atoms with Crippen molar-refractivity contribution in [3.05, 3.63) is 48.0 Å². The first-order chi connectivity index (χ1) is 10.1. The number of aliphatic hydroxyl groups is 1. The first kappa shape index (κ1) is 15.3. The van der Waals surface area contributed by atoms with E-state index in [1.54, 1.807) is 0 Å². The highest BCUT2D eigenvalue weighted by Crippen LogP contribution is 2.19. The third-order valence-corrected chi connectivity index (χ3v) is 3.60. The standard InChI is InChI=1S/C17H22N2O2/c1-3-12(2)19-17(21)18-11-16(20)15-9-8-13-6-4-5-7-14(13)10-15/h4-10,12,16,20H,3,11H2,1-2H3,(H2,18,19,21). The molecule has 0 fully saturated rings. The molecule has 0 radical (unpaired) electrons. The number of carbonyl (C=O) groups is 1. The van der Waals surface area contributed by atoms with Crippen LogP contribution >= 0.6 is 0 Å². The monoisotopic (exact) mass is 286 g/mol. The molecule has 2 amide bonds. The van der Waals surface area contributed by atoms with Gasteiger partial charge in [-0.1, -0.05) is 43.3 Å². The molecule has 4 heteroatoms. The summed E-state index contributed by atoms with van der Waals surface area (Å²) in [5, 5.41) is 17.9. The summed E-state index contributed by atoms with van der Waals surface area (Å²) < 4.78 is 0. The fourth-order valence-corrected chi connectivity index (χ4v) is 2.10. The van der Waals surface area contributed by atoms with Crippen molar-refractivity contribution in [3.8, 4) is 0 Å². The Morgan fingerprint density at radius 2 is 1.90 bits per heavy atom. The van der Waals surface area contributed by atoms with Crippen molar-refractivity contribution >= 4 is 16.8 Å². The van der Waals surface area contributed by atoms with E-state index in [1.807, 2.05) is 56.3 Å². The predicted octanol–water partition coefficient (Wildman–Crippen LogP) is 2.97. The summed E-state index contributed by atoms with van der Waals surface area (Å²) in [6, 6.07) is 13.7. The van der Waals surface area contributed by atoms with Crippen LogP contribution in [0.3, 0.4) is 0 Å². The van der Waals surface area contributed by atoms with Gasteiger partial charge in [-0.3, -0.25) is 0 Å². The van der Waals surface area contributed by atoms with Crippen LogP contribution in [0.25, 0.3) is 10.8 Å². The molecule has 0 aliphatic rings. The van der Waals surface area contributed by atoms with Gasteiger partial charge in [0.2, 0.25) is 0 Å². The number of amides is 2. The number of benzene rings is 2. The largest absolute Gasteiger partial charge is 0.387 e. The van der Waals surface area contributed by atoms with Crippen LogP contribution in [0, 0.1) is 0 Å². The van der Waals surface area contributed by atoms with Gasteiger partial charge in [0.15, 0.2) is 0 Å². The third kappa shape index (κ3) is 4.20. The van der Waals surface area contributed by atoms with Crippen molar-refractivity contribution in [3.63, 3.8) is 0 Å². The van der Waals surface area contributed by atoms with Gasteiger partial charge in [0, 0.05) is 12.6 Å². The molecule has 2 aromatic carbocycles. The highest BCUT2D eigenvalue weighted by Gasteiger charge is 2.11. The van der Waals surface area contributed by atoms with Crippen LogP contribution < -0.4 is 10.6 Å². The first-order valence-electron chi connectivity index (χ1n) is 7.31. The Bertz CT molecular complexity index is 613. The lowest BCUT2D eigenvalue weighted by atomic mass is 10.0. The molecule has 2 aromatic rings. The smallest absolute Gasteiger partial charge is 0.315 e. The molecule has 112 valence electrons. The van der Waals surface area contributed by atoms with Crippen LogP contribution in [0.2, 0.25) is 0 Å². The Kier molecular flexibility index (Phi) is 5.17. The molecule has 0 aromatic heterocycles. The molecule has 0 bridgehead atoms. The molecule has 3 N–H and O–H groups in total. The maximum absolute atomic E-state index is 11.6. The van der Waals surface area contributed by atoms with Gasteiger partial charge in [-0.25, -0.2) is 4.79 Å². The molecule has 0 spiro atoms. The molecule has 0 saturated carbocycles. The zero-order valence-electron chi connectivity index (χ0n) is 12.5. The lowest BCUT2D eigenvalue weighted by Gasteiger charge is -2.16. The van der Waals surface area contributed by atoms with E-state index in [2.05, 4.69) is 10.6 Å². The lowest BCUT2D eigenvalue weighted by molar-refractivity contribution is 0.172. The summed E-state index contributed by atoms with van der Waals surface area (Å²) in [5.41, 5.74) is 0.803. The summed E-state index contributed by atoms with van der Waals surface area (Å²) in [6.45, 7) is 4.15. The van der Waals surface area contributed by atoms with E-state index in [-0.39, 0.29) is 18.6 Å². The molecule has 21 heavy (non-hydrogen) atoms. The molecule has 2 unspecified atom stereocenters. The highest BCUT2D eigenvalue weighted by atomic mass is 16.3. The van der Waals surface area contributed by atoms with Gasteiger partial charge >= 0.3 is 6.03 Å². The number of hydrogen-bond acceptors (Lipinski definition) is 2. The Balaban J connectivity index is 1.95. The van der Waals surface area contributed by atoms with E-state index in [9.17, 15) is 9.90 Å². The summed E-state index contributed by atoms with van der Waals surface area (Å²) in [5.74, 6) is 0. The van der Waals surface area contributed by atoms with E-state index in [0.717, 1.165) is 22.8 Å². The Hall–Kier alpha value is -2.07. The fraction of sp³-hybridized carbons (Fsp3) is 0.353. The molecule has 0 saturated heterocycles. The summed E-state index contributed by atoms with van der Waals surface area (Å²) in [4.78, 5) is 11.6. The molecular weight excluding hydrogens is 264 g/mol. The zero-order valence-corrected chi connectivity index (χ0v) is 12.5. The van der Waals surface area contributed by atoms with E-state index in [0.29, 0.717) is 0 Å². The van der Waals surface area contributed by atoms with Crippen molar-refractivity contribution in [1.29, 1.82) is 0 Å². The highest BCUT2D eigenvalue weighted by molar-refractivity contribution is 5.83. The average molecular weight is 286 g/mol. The second-order valence-corrected chi connectivity index (χ2v) is 5.29. The van der Waals surface area contributed by atoms with Crippen molar-refractivity contribution in [1.82, 2.24) is 10.6 Å². The fourth-order valence-electron chi connectivity index (χ4n) is 2.10. The number of rotatable bonds is 5. The SMILES string of the molecule is CCC(C)NC(=O)NCC(O)c1ccc2ccccc2c1. The van der Waals surface area contributed by atoms with Crippen LogP contribution in [-0.4, -0.2) is 23.7 Å². The third-order valence-electron chi connectivity index (χ3n) is 3.60. The van der Waals surface area contributed by atoms with Gasteiger partial charge in [0.1, 0.15) is 0 Å². The number of fused-ring (bicyclic) bond motifs is 1. The maximum atomic E-state index is 11.6. The number of aliphatic hydroxyl groups excluding tert-OH is 1. The van der Waals surface area contributed by atoms with E-state index in [4.69, 9.17) is 0 Å². The van der Waals surface area contributed by atoms with Gasteiger partial charge in [-0.15, -0.1) is 0 Å². The average Bonchev–Trinajstić information content (AvgIpc) is 2.51. The number of carbonyl (C=O) groups excluding carboxylic acids is 1. The van der Waals surface area contributed by atoms with Crippen LogP contribution in [-0.2, 0) is 0 Å². The second kappa shape index (κ2) is 7.09. The number of hydrogen-bond donors (Lipinski definition) is 3. The summed E-state index contributed by atoms with van der Waals surface area (Å²) >= 11 is 0. The predicted molar refractivity (Wildman–Crippen MR) is 85.2 cm³/mol. The Labute approximate surface area is 125 Å². The minimum absolute atomic E-state index is 0.128. The van der Waals surface area contributed by atoms with E-state index < -0.39 is 6.10 Å². The number of nitrogens with one attached hydrogen (secondary N) is 2. The molecule has 2 atom stereocenters. The summed E-state index contributed by atoms with van der Waals surface area (Å²) in [6.07, 6.45) is 0.165. The van der Waals surface area contributed by atoms with Crippen LogP contribution in [0.1, 0.15) is 31.9 Å². The lowest BCUT2D eigenvalue weighted by Crippen LogP contribution is -2.41. The van der Waals surface area contributed by atoms with Gasteiger partial charge in [0.25, 0.3) is 0 Å². The van der Waals surface area contributed by atoms with Gasteiger partial charge in [-0.05, 0) is 35.7 Å². The molecule has 0 heterocycles. The van der Waals surface area contributed by atoms with Gasteiger partial charge in [-0.2, -0.15) is 0 Å².